The zero-order valence-corrected chi connectivity index (χ0v) is 16.5. The molecule has 0 aliphatic rings. The van der Waals surface area contributed by atoms with Crippen molar-refractivity contribution in [2.45, 2.75) is 10.4 Å². The lowest BCUT2D eigenvalue weighted by molar-refractivity contribution is -0.384. The maximum Gasteiger partial charge on any atom is 0.270 e. The van der Waals surface area contributed by atoms with Crippen molar-refractivity contribution in [1.29, 1.82) is 0 Å². The number of benzene rings is 2. The number of halogens is 1. The summed E-state index contributed by atoms with van der Waals surface area (Å²) in [4.78, 5) is 23.4. The molecular weight excluding hydrogens is 434 g/mol. The van der Waals surface area contributed by atoms with Gasteiger partial charge in [-0.15, -0.1) is 10.2 Å². The highest BCUT2D eigenvalue weighted by Crippen LogP contribution is 2.36. The number of nitro benzene ring substituents is 1. The summed E-state index contributed by atoms with van der Waals surface area (Å²) in [5, 5.41) is 21.6. The van der Waals surface area contributed by atoms with E-state index >= 15 is 0 Å². The molecule has 1 unspecified atom stereocenters. The van der Waals surface area contributed by atoms with Crippen molar-refractivity contribution in [1.82, 2.24) is 14.8 Å². The highest BCUT2D eigenvalue weighted by Gasteiger charge is 2.25. The number of aryl methyl sites for hydroxylation is 1. The molecule has 27 heavy (non-hydrogen) atoms. The summed E-state index contributed by atoms with van der Waals surface area (Å²) in [5.41, 5.74) is 1.19. The first-order valence-electron chi connectivity index (χ1n) is 7.76. The number of carbonyl (C=O) groups excluding carboxylic acids is 1. The Hall–Kier alpha value is -2.72. The molecule has 3 rings (SSSR count). The molecule has 2 aromatic carbocycles. The summed E-state index contributed by atoms with van der Waals surface area (Å²) in [5.74, 6) is -0.274. The third-order valence-electron chi connectivity index (χ3n) is 3.65. The Balaban J connectivity index is 1.87. The molecule has 1 aromatic heterocycles. The third-order valence-corrected chi connectivity index (χ3v) is 5.61. The number of hydrogen-bond acceptors (Lipinski definition) is 6. The molecule has 0 aliphatic heterocycles. The van der Waals surface area contributed by atoms with E-state index in [-0.39, 0.29) is 11.6 Å². The number of amides is 1. The molecule has 8 nitrogen and oxygen atoms in total. The van der Waals surface area contributed by atoms with Gasteiger partial charge in [0.15, 0.2) is 5.16 Å². The fraction of sp³-hybridized carbons (Fsp3) is 0.118. The van der Waals surface area contributed by atoms with Crippen molar-refractivity contribution < 1.29 is 9.72 Å². The number of non-ortho nitro benzene ring substituents is 1. The number of rotatable bonds is 6. The summed E-state index contributed by atoms with van der Waals surface area (Å²) < 4.78 is 2.16. The number of aromatic nitrogens is 3. The van der Waals surface area contributed by atoms with Crippen LogP contribution in [0.4, 0.5) is 11.4 Å². The average Bonchev–Trinajstić information content (AvgIpc) is 3.06. The molecule has 0 fully saturated rings. The summed E-state index contributed by atoms with van der Waals surface area (Å²) in [7, 11) is 1.80. The van der Waals surface area contributed by atoms with Gasteiger partial charge in [0.1, 0.15) is 11.6 Å². The summed E-state index contributed by atoms with van der Waals surface area (Å²) >= 11 is 4.54. The predicted octanol–water partition coefficient (Wildman–Crippen LogP) is 3.96. The quantitative estimate of drug-likeness (QED) is 0.348. The van der Waals surface area contributed by atoms with E-state index < -0.39 is 10.2 Å². The van der Waals surface area contributed by atoms with Crippen molar-refractivity contribution >= 4 is 45.0 Å². The van der Waals surface area contributed by atoms with Gasteiger partial charge >= 0.3 is 0 Å². The molecule has 1 amide bonds. The number of carbonyl (C=O) groups is 1. The van der Waals surface area contributed by atoms with Crippen LogP contribution in [0, 0.1) is 10.1 Å². The third kappa shape index (κ3) is 4.52. The van der Waals surface area contributed by atoms with Crippen LogP contribution in [-0.4, -0.2) is 25.6 Å². The van der Waals surface area contributed by atoms with E-state index in [1.54, 1.807) is 17.9 Å². The van der Waals surface area contributed by atoms with Gasteiger partial charge in [-0.3, -0.25) is 14.9 Å². The Morgan fingerprint density at radius 1 is 1.30 bits per heavy atom. The maximum absolute atomic E-state index is 13.0. The van der Waals surface area contributed by atoms with Gasteiger partial charge in [-0.2, -0.15) is 0 Å². The predicted molar refractivity (Wildman–Crippen MR) is 105 cm³/mol. The van der Waals surface area contributed by atoms with E-state index in [2.05, 4.69) is 31.4 Å². The van der Waals surface area contributed by atoms with Crippen LogP contribution in [0.1, 0.15) is 10.8 Å². The topological polar surface area (TPSA) is 103 Å². The van der Waals surface area contributed by atoms with Crippen LogP contribution < -0.4 is 5.32 Å². The number of thioether (sulfide) groups is 1. The summed E-state index contributed by atoms with van der Waals surface area (Å²) in [6.07, 6.45) is 1.56. The highest BCUT2D eigenvalue weighted by atomic mass is 79.9. The summed E-state index contributed by atoms with van der Waals surface area (Å²) in [6.45, 7) is 0. The average molecular weight is 448 g/mol. The maximum atomic E-state index is 13.0. The van der Waals surface area contributed by atoms with Crippen LogP contribution in [-0.2, 0) is 11.8 Å². The van der Waals surface area contributed by atoms with Crippen molar-refractivity contribution in [2.75, 3.05) is 5.32 Å². The number of anilines is 1. The van der Waals surface area contributed by atoms with Crippen molar-refractivity contribution in [3.05, 3.63) is 75.0 Å². The van der Waals surface area contributed by atoms with Crippen LogP contribution in [0.25, 0.3) is 0 Å². The van der Waals surface area contributed by atoms with Gasteiger partial charge < -0.3 is 9.88 Å². The van der Waals surface area contributed by atoms with Crippen molar-refractivity contribution in [3.63, 3.8) is 0 Å². The second kappa shape index (κ2) is 8.31. The molecule has 1 heterocycles. The van der Waals surface area contributed by atoms with Gasteiger partial charge in [0.05, 0.1) is 10.6 Å². The minimum absolute atomic E-state index is 0.0621. The van der Waals surface area contributed by atoms with Crippen LogP contribution in [0.3, 0.4) is 0 Å². The van der Waals surface area contributed by atoms with Gasteiger partial charge in [0.25, 0.3) is 5.69 Å². The Labute approximate surface area is 167 Å². The molecule has 0 bridgehead atoms. The smallest absolute Gasteiger partial charge is 0.270 e. The second-order valence-electron chi connectivity index (χ2n) is 5.54. The largest absolute Gasteiger partial charge is 0.324 e. The van der Waals surface area contributed by atoms with Gasteiger partial charge in [-0.25, -0.2) is 0 Å². The second-order valence-corrected chi connectivity index (χ2v) is 7.47. The molecule has 0 radical (unpaired) electrons. The fourth-order valence-electron chi connectivity index (χ4n) is 2.30. The van der Waals surface area contributed by atoms with E-state index in [0.717, 1.165) is 5.56 Å². The Bertz CT molecular complexity index is 980. The van der Waals surface area contributed by atoms with Crippen LogP contribution >= 0.6 is 27.7 Å². The normalized spacial score (nSPS) is 11.8. The van der Waals surface area contributed by atoms with E-state index in [0.29, 0.717) is 15.3 Å². The molecule has 0 saturated carbocycles. The molecular formula is C17H14BrN5O3S. The lowest BCUT2D eigenvalue weighted by Crippen LogP contribution is -2.19. The summed E-state index contributed by atoms with van der Waals surface area (Å²) in [6, 6.07) is 13.5. The standard InChI is InChI=1S/C17H14BrN5O3S/c1-22-10-19-21-17(22)27-15(11-5-3-2-4-6-11)16(24)20-14-8-7-12(23(25)26)9-13(14)18/h2-10,15H,1H3,(H,20,24). The van der Waals surface area contributed by atoms with Crippen LogP contribution in [0.15, 0.2) is 64.5 Å². The van der Waals surface area contributed by atoms with E-state index in [1.165, 1.54) is 30.0 Å². The minimum Gasteiger partial charge on any atom is -0.324 e. The SMILES string of the molecule is Cn1cnnc1SC(C(=O)Nc1ccc([N+](=O)[O-])cc1Br)c1ccccc1. The van der Waals surface area contributed by atoms with Gasteiger partial charge in [0, 0.05) is 23.7 Å². The van der Waals surface area contributed by atoms with Gasteiger partial charge in [0.2, 0.25) is 5.91 Å². The monoisotopic (exact) mass is 447 g/mol. The van der Waals surface area contributed by atoms with E-state index in [1.807, 2.05) is 30.3 Å². The fourth-order valence-corrected chi connectivity index (χ4v) is 3.75. The molecule has 3 aromatic rings. The Morgan fingerprint density at radius 3 is 2.63 bits per heavy atom. The molecule has 10 heteroatoms. The zero-order valence-electron chi connectivity index (χ0n) is 14.1. The number of nitrogens with zero attached hydrogens (tertiary/aromatic N) is 4. The molecule has 0 spiro atoms. The van der Waals surface area contributed by atoms with Crippen molar-refractivity contribution in [3.8, 4) is 0 Å². The first-order chi connectivity index (χ1) is 13.0. The van der Waals surface area contributed by atoms with E-state index in [9.17, 15) is 14.9 Å². The van der Waals surface area contributed by atoms with Crippen LogP contribution in [0.5, 0.6) is 0 Å². The lowest BCUT2D eigenvalue weighted by Gasteiger charge is -2.17. The molecule has 0 saturated heterocycles. The zero-order chi connectivity index (χ0) is 19.4. The molecule has 1 atom stereocenters. The van der Waals surface area contributed by atoms with E-state index in [4.69, 9.17) is 0 Å². The lowest BCUT2D eigenvalue weighted by atomic mass is 10.1. The number of nitro groups is 1. The van der Waals surface area contributed by atoms with Gasteiger partial charge in [-0.05, 0) is 27.6 Å². The first kappa shape index (κ1) is 19.1. The van der Waals surface area contributed by atoms with Gasteiger partial charge in [-0.1, -0.05) is 42.1 Å². The first-order valence-corrected chi connectivity index (χ1v) is 9.43. The molecule has 138 valence electrons. The molecule has 0 aliphatic carbocycles. The number of hydrogen-bond donors (Lipinski definition) is 1. The minimum atomic E-state index is -0.573. The highest BCUT2D eigenvalue weighted by molar-refractivity contribution is 9.10. The molecule has 1 N–H and O–H groups in total. The number of nitrogens with one attached hydrogen (secondary N) is 1. The Morgan fingerprint density at radius 2 is 2.04 bits per heavy atom. The van der Waals surface area contributed by atoms with Crippen molar-refractivity contribution in [2.24, 2.45) is 7.05 Å². The Kier molecular flexibility index (Phi) is 5.87. The van der Waals surface area contributed by atoms with Crippen LogP contribution in [0.2, 0.25) is 0 Å².